The molecular formula is C13H16FNO5S2. The van der Waals surface area contributed by atoms with E-state index in [2.05, 4.69) is 0 Å². The van der Waals surface area contributed by atoms with Gasteiger partial charge in [0.25, 0.3) is 0 Å². The van der Waals surface area contributed by atoms with Crippen LogP contribution in [-0.2, 0) is 20.8 Å². The average Bonchev–Trinajstić information content (AvgIpc) is 2.36. The number of hydrogen-bond donors (Lipinski definition) is 1. The Morgan fingerprint density at radius 2 is 2.00 bits per heavy atom. The quantitative estimate of drug-likeness (QED) is 0.881. The summed E-state index contributed by atoms with van der Waals surface area (Å²) < 4.78 is 51.7. The molecule has 0 amide bonds. The van der Waals surface area contributed by atoms with E-state index in [1.807, 2.05) is 0 Å². The summed E-state index contributed by atoms with van der Waals surface area (Å²) >= 11 is 0. The number of carbonyl (C=O) groups is 1. The molecule has 0 saturated carbocycles. The standard InChI is InChI=1S/C13H16FNO5S2/c1-13(2)8-21(18)4-3-15(13)22(19,20)11-6-9(12(16)17)5-10(14)7-11/h5-7H,3-4,8H2,1-2H3,(H,16,17). The number of aromatic carboxylic acids is 1. The van der Waals surface area contributed by atoms with Crippen molar-refractivity contribution in [3.63, 3.8) is 0 Å². The van der Waals surface area contributed by atoms with Crippen LogP contribution < -0.4 is 0 Å². The third kappa shape index (κ3) is 3.21. The fourth-order valence-electron chi connectivity index (χ4n) is 2.43. The summed E-state index contributed by atoms with van der Waals surface area (Å²) in [5.74, 6) is -1.97. The molecule has 2 rings (SSSR count). The van der Waals surface area contributed by atoms with E-state index in [1.165, 1.54) is 0 Å². The van der Waals surface area contributed by atoms with Gasteiger partial charge in [0.2, 0.25) is 10.0 Å². The number of halogens is 1. The van der Waals surface area contributed by atoms with Crippen molar-refractivity contribution in [3.05, 3.63) is 29.6 Å². The van der Waals surface area contributed by atoms with E-state index in [1.54, 1.807) is 13.8 Å². The van der Waals surface area contributed by atoms with Gasteiger partial charge in [0.05, 0.1) is 10.5 Å². The Hall–Kier alpha value is -1.32. The molecule has 22 heavy (non-hydrogen) atoms. The average molecular weight is 349 g/mol. The normalized spacial score (nSPS) is 22.4. The summed E-state index contributed by atoms with van der Waals surface area (Å²) in [6.45, 7) is 3.32. The molecule has 0 aliphatic carbocycles. The van der Waals surface area contributed by atoms with Crippen LogP contribution in [-0.4, -0.2) is 51.6 Å². The van der Waals surface area contributed by atoms with Crippen LogP contribution in [0.15, 0.2) is 23.1 Å². The Labute approximate surface area is 130 Å². The maximum atomic E-state index is 13.5. The summed E-state index contributed by atoms with van der Waals surface area (Å²) in [5.41, 5.74) is -1.32. The van der Waals surface area contributed by atoms with Crippen molar-refractivity contribution in [2.75, 3.05) is 18.1 Å². The predicted octanol–water partition coefficient (Wildman–Crippen LogP) is 1.06. The molecule has 1 saturated heterocycles. The van der Waals surface area contributed by atoms with Gasteiger partial charge in [0.15, 0.2) is 0 Å². The second kappa shape index (κ2) is 5.71. The van der Waals surface area contributed by atoms with E-state index in [9.17, 15) is 21.8 Å². The summed E-state index contributed by atoms with van der Waals surface area (Å²) in [5, 5.41) is 8.93. The van der Waals surface area contributed by atoms with Crippen LogP contribution in [0.25, 0.3) is 0 Å². The van der Waals surface area contributed by atoms with Crippen molar-refractivity contribution in [3.8, 4) is 0 Å². The van der Waals surface area contributed by atoms with Gasteiger partial charge in [-0.2, -0.15) is 4.31 Å². The Bertz CT molecular complexity index is 745. The van der Waals surface area contributed by atoms with Crippen molar-refractivity contribution in [1.82, 2.24) is 4.31 Å². The van der Waals surface area contributed by atoms with Gasteiger partial charge in [0, 0.05) is 34.4 Å². The zero-order chi connectivity index (χ0) is 16.7. The number of carboxylic acid groups (broad SMARTS) is 1. The van der Waals surface area contributed by atoms with E-state index < -0.39 is 48.6 Å². The second-order valence-electron chi connectivity index (χ2n) is 5.66. The number of nitrogens with zero attached hydrogens (tertiary/aromatic N) is 1. The fraction of sp³-hybridized carbons (Fsp3) is 0.462. The van der Waals surface area contributed by atoms with Gasteiger partial charge in [-0.05, 0) is 32.0 Å². The zero-order valence-electron chi connectivity index (χ0n) is 12.1. The first-order valence-corrected chi connectivity index (χ1v) is 9.38. The lowest BCUT2D eigenvalue weighted by Crippen LogP contribution is -2.56. The van der Waals surface area contributed by atoms with Crippen LogP contribution in [0.1, 0.15) is 24.2 Å². The van der Waals surface area contributed by atoms with Crippen molar-refractivity contribution in [1.29, 1.82) is 0 Å². The molecule has 1 aliphatic rings. The van der Waals surface area contributed by atoms with Gasteiger partial charge >= 0.3 is 5.97 Å². The minimum atomic E-state index is -4.08. The number of rotatable bonds is 3. The van der Waals surface area contributed by atoms with Crippen LogP contribution in [0.5, 0.6) is 0 Å². The highest BCUT2D eigenvalue weighted by Crippen LogP contribution is 2.29. The van der Waals surface area contributed by atoms with E-state index in [-0.39, 0.29) is 18.1 Å². The largest absolute Gasteiger partial charge is 0.478 e. The van der Waals surface area contributed by atoms with Gasteiger partial charge < -0.3 is 5.11 Å². The predicted molar refractivity (Wildman–Crippen MR) is 79.2 cm³/mol. The highest BCUT2D eigenvalue weighted by Gasteiger charge is 2.41. The first-order chi connectivity index (χ1) is 10.0. The van der Waals surface area contributed by atoms with Crippen molar-refractivity contribution in [2.24, 2.45) is 0 Å². The topological polar surface area (TPSA) is 91.8 Å². The molecule has 6 nitrogen and oxygen atoms in total. The maximum Gasteiger partial charge on any atom is 0.335 e. The van der Waals surface area contributed by atoms with E-state index in [4.69, 9.17) is 5.11 Å². The molecule has 1 aromatic rings. The Balaban J connectivity index is 2.51. The number of sulfonamides is 1. The van der Waals surface area contributed by atoms with Crippen LogP contribution in [0, 0.1) is 5.82 Å². The molecule has 1 N–H and O–H groups in total. The SMILES string of the molecule is CC1(C)CS(=O)CCN1S(=O)(=O)c1cc(F)cc(C(=O)O)c1. The summed E-state index contributed by atoms with van der Waals surface area (Å²) in [7, 11) is -5.19. The molecule has 0 bridgehead atoms. The first kappa shape index (κ1) is 17.0. The molecule has 0 radical (unpaired) electrons. The van der Waals surface area contributed by atoms with Gasteiger partial charge in [0.1, 0.15) is 5.82 Å². The monoisotopic (exact) mass is 349 g/mol. The highest BCUT2D eigenvalue weighted by molar-refractivity contribution is 7.89. The van der Waals surface area contributed by atoms with Crippen molar-refractivity contribution < 1.29 is 26.9 Å². The molecule has 1 heterocycles. The Morgan fingerprint density at radius 3 is 2.55 bits per heavy atom. The van der Waals surface area contributed by atoms with E-state index >= 15 is 0 Å². The molecular weight excluding hydrogens is 333 g/mol. The fourth-order valence-corrected chi connectivity index (χ4v) is 5.94. The molecule has 1 fully saturated rings. The van der Waals surface area contributed by atoms with Gasteiger partial charge in [-0.3, -0.25) is 4.21 Å². The summed E-state index contributed by atoms with van der Waals surface area (Å²) in [6.07, 6.45) is 0. The third-order valence-electron chi connectivity index (χ3n) is 3.42. The zero-order valence-corrected chi connectivity index (χ0v) is 13.7. The maximum absolute atomic E-state index is 13.5. The number of hydrogen-bond acceptors (Lipinski definition) is 4. The van der Waals surface area contributed by atoms with Crippen molar-refractivity contribution in [2.45, 2.75) is 24.3 Å². The van der Waals surface area contributed by atoms with E-state index in [0.29, 0.717) is 0 Å². The van der Waals surface area contributed by atoms with Crippen LogP contribution in [0.2, 0.25) is 0 Å². The Morgan fingerprint density at radius 1 is 1.36 bits per heavy atom. The molecule has 1 aliphatic heterocycles. The summed E-state index contributed by atoms with van der Waals surface area (Å²) in [4.78, 5) is 10.6. The minimum Gasteiger partial charge on any atom is -0.478 e. The lowest BCUT2D eigenvalue weighted by Gasteiger charge is -2.40. The Kier molecular flexibility index (Phi) is 4.42. The smallest absolute Gasteiger partial charge is 0.335 e. The van der Waals surface area contributed by atoms with Gasteiger partial charge in [-0.25, -0.2) is 17.6 Å². The van der Waals surface area contributed by atoms with Crippen molar-refractivity contribution >= 4 is 26.8 Å². The molecule has 122 valence electrons. The van der Waals surface area contributed by atoms with Crippen LogP contribution >= 0.6 is 0 Å². The lowest BCUT2D eigenvalue weighted by molar-refractivity contribution is 0.0696. The highest BCUT2D eigenvalue weighted by atomic mass is 32.2. The molecule has 1 aromatic carbocycles. The molecule has 9 heteroatoms. The molecule has 0 spiro atoms. The van der Waals surface area contributed by atoms with E-state index in [0.717, 1.165) is 22.5 Å². The number of benzene rings is 1. The molecule has 1 unspecified atom stereocenters. The van der Waals surface area contributed by atoms with Gasteiger partial charge in [-0.15, -0.1) is 0 Å². The summed E-state index contributed by atoms with van der Waals surface area (Å²) in [6, 6.07) is 2.49. The van der Waals surface area contributed by atoms with Crippen LogP contribution in [0.3, 0.4) is 0 Å². The third-order valence-corrected chi connectivity index (χ3v) is 7.17. The molecule has 1 atom stereocenters. The molecule has 0 aromatic heterocycles. The second-order valence-corrected chi connectivity index (χ2v) is 9.10. The number of carboxylic acids is 1. The first-order valence-electron chi connectivity index (χ1n) is 6.46. The van der Waals surface area contributed by atoms with Crippen LogP contribution in [0.4, 0.5) is 4.39 Å². The minimum absolute atomic E-state index is 0.0425. The van der Waals surface area contributed by atoms with Gasteiger partial charge in [-0.1, -0.05) is 0 Å². The lowest BCUT2D eigenvalue weighted by atomic mass is 10.1.